The van der Waals surface area contributed by atoms with Crippen molar-refractivity contribution in [3.05, 3.63) is 53.8 Å². The lowest BCUT2D eigenvalue weighted by Gasteiger charge is -2.48. The van der Waals surface area contributed by atoms with E-state index in [0.717, 1.165) is 5.56 Å². The Morgan fingerprint density at radius 3 is 2.48 bits per heavy atom. The minimum absolute atomic E-state index is 0.177. The molecule has 2 fully saturated rings. The van der Waals surface area contributed by atoms with Gasteiger partial charge in [0, 0.05) is 5.56 Å². The number of fused-ring (bicyclic) bond motifs is 1. The lowest BCUT2D eigenvalue weighted by Crippen LogP contribution is -2.53. The van der Waals surface area contributed by atoms with Crippen LogP contribution in [0.5, 0.6) is 0 Å². The van der Waals surface area contributed by atoms with Crippen LogP contribution in [0.25, 0.3) is 0 Å². The van der Waals surface area contributed by atoms with Gasteiger partial charge in [0.25, 0.3) is 0 Å². The zero-order chi connectivity index (χ0) is 15.3. The van der Waals surface area contributed by atoms with Gasteiger partial charge < -0.3 is 19.3 Å². The second-order valence-corrected chi connectivity index (χ2v) is 6.53. The minimum atomic E-state index is -0.622. The highest BCUT2D eigenvalue weighted by Crippen LogP contribution is 2.45. The number of hydrogen-bond acceptors (Lipinski definition) is 3. The maximum Gasteiger partial charge on any atom is 0.164 e. The summed E-state index contributed by atoms with van der Waals surface area (Å²) in [5.74, 6) is -0.622. The van der Waals surface area contributed by atoms with Crippen LogP contribution in [0.4, 0.5) is 0 Å². The predicted octanol–water partition coefficient (Wildman–Crippen LogP) is 2.98. The van der Waals surface area contributed by atoms with Crippen LogP contribution in [0.2, 0.25) is 0 Å². The van der Waals surface area contributed by atoms with Crippen molar-refractivity contribution in [2.24, 2.45) is 0 Å². The number of ether oxygens (including phenoxy) is 2. The van der Waals surface area contributed by atoms with Crippen LogP contribution < -0.4 is 0 Å². The molecule has 0 radical (unpaired) electrons. The molecule has 1 aromatic carbocycles. The molecule has 2 saturated heterocycles. The van der Waals surface area contributed by atoms with E-state index in [1.165, 1.54) is 0 Å². The van der Waals surface area contributed by atoms with Gasteiger partial charge in [0.15, 0.2) is 5.79 Å². The second-order valence-electron chi connectivity index (χ2n) is 6.53. The van der Waals surface area contributed by atoms with Crippen LogP contribution in [0, 0.1) is 5.21 Å². The second kappa shape index (κ2) is 4.92. The minimum Gasteiger partial charge on any atom is -0.632 e. The quantitative estimate of drug-likeness (QED) is 0.488. The van der Waals surface area contributed by atoms with Gasteiger partial charge in [-0.1, -0.05) is 36.9 Å². The lowest BCUT2D eigenvalue weighted by molar-refractivity contribution is -0.924. The first-order valence-electron chi connectivity index (χ1n) is 7.48. The van der Waals surface area contributed by atoms with E-state index in [2.05, 4.69) is 6.58 Å². The molecule has 0 bridgehead atoms. The summed E-state index contributed by atoms with van der Waals surface area (Å²) in [5.41, 5.74) is 1.03. The number of nitrogens with zero attached hydrogens (tertiary/aromatic N) is 1. The molecule has 2 heterocycles. The van der Waals surface area contributed by atoms with Gasteiger partial charge in [-0.3, -0.25) is 0 Å². The zero-order valence-electron chi connectivity index (χ0n) is 12.9. The number of likely N-dealkylation sites (tertiary alicyclic amines) is 1. The van der Waals surface area contributed by atoms with E-state index in [4.69, 9.17) is 9.47 Å². The molecule has 0 aromatic heterocycles. The molecule has 0 N–H and O–H groups in total. The zero-order valence-corrected chi connectivity index (χ0v) is 12.9. The van der Waals surface area contributed by atoms with E-state index < -0.39 is 5.79 Å². The third-order valence-electron chi connectivity index (χ3n) is 4.68. The van der Waals surface area contributed by atoms with Gasteiger partial charge in [-0.25, -0.2) is 0 Å². The first-order chi connectivity index (χ1) is 9.87. The number of quaternary nitrogens is 1. The van der Waals surface area contributed by atoms with Gasteiger partial charge >= 0.3 is 0 Å². The van der Waals surface area contributed by atoms with Crippen molar-refractivity contribution < 1.29 is 14.1 Å². The Balaban J connectivity index is 1.90. The maximum atomic E-state index is 13.5. The third kappa shape index (κ3) is 2.32. The molecule has 1 aromatic rings. The lowest BCUT2D eigenvalue weighted by atomic mass is 10.1. The van der Waals surface area contributed by atoms with Gasteiger partial charge in [-0.15, -0.1) is 0 Å². The SMILES string of the molecule is C=C[C@H]1[C@@H]2OC(C)(C)O[C@@H]2[C@@H](C)[N@+]1([O-])Cc1ccccc1. The Morgan fingerprint density at radius 1 is 1.24 bits per heavy atom. The highest BCUT2D eigenvalue weighted by atomic mass is 16.8. The average molecular weight is 289 g/mol. The van der Waals surface area contributed by atoms with E-state index in [-0.39, 0.29) is 28.9 Å². The third-order valence-corrected chi connectivity index (χ3v) is 4.68. The van der Waals surface area contributed by atoms with Crippen LogP contribution >= 0.6 is 0 Å². The fraction of sp³-hybridized carbons (Fsp3) is 0.529. The van der Waals surface area contributed by atoms with E-state index in [1.807, 2.05) is 51.1 Å². The van der Waals surface area contributed by atoms with Crippen molar-refractivity contribution in [1.82, 2.24) is 0 Å². The van der Waals surface area contributed by atoms with Gasteiger partial charge in [0.05, 0.1) is 0 Å². The highest BCUT2D eigenvalue weighted by Gasteiger charge is 2.61. The number of rotatable bonds is 3. The molecule has 0 aliphatic carbocycles. The number of hydroxylamine groups is 3. The normalized spacial score (nSPS) is 41.0. The van der Waals surface area contributed by atoms with Crippen LogP contribution in [-0.4, -0.2) is 34.7 Å². The standard InChI is InChI=1S/C17H23NO3/c1-5-14-16-15(20-17(3,4)21-16)12(2)18(14,19)11-13-9-7-6-8-10-13/h5-10,12,14-16H,1,11H2,2-4H3/t12-,14+,15-,16+,18-/m1/s1. The van der Waals surface area contributed by atoms with Crippen molar-refractivity contribution in [1.29, 1.82) is 0 Å². The first kappa shape index (κ1) is 14.7. The summed E-state index contributed by atoms with van der Waals surface area (Å²) < 4.78 is 11.6. The summed E-state index contributed by atoms with van der Waals surface area (Å²) in [6, 6.07) is 9.38. The Kier molecular flexibility index (Phi) is 3.45. The maximum absolute atomic E-state index is 13.5. The van der Waals surface area contributed by atoms with Crippen LogP contribution in [0.15, 0.2) is 43.0 Å². The van der Waals surface area contributed by atoms with E-state index in [9.17, 15) is 5.21 Å². The summed E-state index contributed by atoms with van der Waals surface area (Å²) in [5, 5.41) is 13.5. The molecule has 0 amide bonds. The smallest absolute Gasteiger partial charge is 0.164 e. The number of hydrogen-bond donors (Lipinski definition) is 0. The molecule has 4 heteroatoms. The molecule has 2 aliphatic heterocycles. The Hall–Kier alpha value is -1.20. The topological polar surface area (TPSA) is 41.5 Å². The van der Waals surface area contributed by atoms with E-state index >= 15 is 0 Å². The van der Waals surface area contributed by atoms with Gasteiger partial charge in [-0.05, 0) is 26.8 Å². The van der Waals surface area contributed by atoms with Crippen LogP contribution in [-0.2, 0) is 16.0 Å². The molecule has 5 atom stereocenters. The summed E-state index contributed by atoms with van der Waals surface area (Å²) in [6.45, 7) is 10.0. The molecular weight excluding hydrogens is 266 g/mol. The van der Waals surface area contributed by atoms with Gasteiger partial charge in [-0.2, -0.15) is 0 Å². The molecule has 114 valence electrons. The summed E-state index contributed by atoms with van der Waals surface area (Å²) in [4.78, 5) is 0. The molecule has 0 spiro atoms. The van der Waals surface area contributed by atoms with E-state index in [0.29, 0.717) is 6.54 Å². The largest absolute Gasteiger partial charge is 0.632 e. The van der Waals surface area contributed by atoms with Crippen LogP contribution in [0.1, 0.15) is 26.3 Å². The molecule has 2 aliphatic rings. The van der Waals surface area contributed by atoms with Crippen molar-refractivity contribution in [2.45, 2.75) is 57.4 Å². The Labute approximate surface area is 126 Å². The van der Waals surface area contributed by atoms with E-state index in [1.54, 1.807) is 6.08 Å². The summed E-state index contributed by atoms with van der Waals surface area (Å²) in [7, 11) is 0. The predicted molar refractivity (Wildman–Crippen MR) is 81.0 cm³/mol. The molecule has 0 saturated carbocycles. The average Bonchev–Trinajstić information content (AvgIpc) is 2.83. The first-order valence-corrected chi connectivity index (χ1v) is 7.48. The van der Waals surface area contributed by atoms with Gasteiger partial charge in [0.2, 0.25) is 0 Å². The molecule has 0 unspecified atom stereocenters. The molecule has 4 nitrogen and oxygen atoms in total. The van der Waals surface area contributed by atoms with Crippen molar-refractivity contribution in [3.8, 4) is 0 Å². The van der Waals surface area contributed by atoms with Crippen molar-refractivity contribution in [2.75, 3.05) is 0 Å². The van der Waals surface area contributed by atoms with Gasteiger partial charge in [0.1, 0.15) is 30.8 Å². The Bertz CT molecular complexity index is 530. The fourth-order valence-electron chi connectivity index (χ4n) is 3.65. The van der Waals surface area contributed by atoms with Crippen LogP contribution in [0.3, 0.4) is 0 Å². The highest BCUT2D eigenvalue weighted by molar-refractivity contribution is 5.15. The van der Waals surface area contributed by atoms with Crippen molar-refractivity contribution in [3.63, 3.8) is 0 Å². The molecule has 21 heavy (non-hydrogen) atoms. The fourth-order valence-corrected chi connectivity index (χ4v) is 3.65. The molecule has 3 rings (SSSR count). The molecular formula is C17H23NO3. The number of benzene rings is 1. The monoisotopic (exact) mass is 289 g/mol. The van der Waals surface area contributed by atoms with Crippen molar-refractivity contribution >= 4 is 0 Å². The summed E-state index contributed by atoms with van der Waals surface area (Å²) >= 11 is 0. The Morgan fingerprint density at radius 2 is 1.86 bits per heavy atom. The summed E-state index contributed by atoms with van der Waals surface area (Å²) in [6.07, 6.45) is 1.35.